The van der Waals surface area contributed by atoms with Gasteiger partial charge in [-0.25, -0.2) is 4.72 Å². The van der Waals surface area contributed by atoms with Crippen molar-refractivity contribution in [3.05, 3.63) is 5.51 Å². The molecule has 0 spiro atoms. The molecular formula is C11H21N5O2S2. The maximum atomic E-state index is 12.3. The summed E-state index contributed by atoms with van der Waals surface area (Å²) < 4.78 is 28.5. The predicted molar refractivity (Wildman–Crippen MR) is 79.9 cm³/mol. The zero-order valence-corrected chi connectivity index (χ0v) is 13.4. The fourth-order valence-corrected chi connectivity index (χ4v) is 4.17. The first kappa shape index (κ1) is 15.6. The third-order valence-electron chi connectivity index (χ3n) is 3.21. The number of nitrogens with zero attached hydrogens (tertiary/aromatic N) is 3. The summed E-state index contributed by atoms with van der Waals surface area (Å²) >= 11 is 1.18. The van der Waals surface area contributed by atoms with Gasteiger partial charge in [0.1, 0.15) is 5.51 Å². The first-order valence-electron chi connectivity index (χ1n) is 6.75. The lowest BCUT2D eigenvalue weighted by Gasteiger charge is -2.32. The Bertz CT molecular complexity index is 503. The third-order valence-corrected chi connectivity index (χ3v) is 5.41. The number of hydrogen-bond acceptors (Lipinski definition) is 6. The van der Waals surface area contributed by atoms with Gasteiger partial charge in [0.05, 0.1) is 0 Å². The Labute approximate surface area is 124 Å². The molecule has 0 aliphatic carbocycles. The summed E-state index contributed by atoms with van der Waals surface area (Å²) in [5, 5.41) is 11.0. The van der Waals surface area contributed by atoms with Crippen molar-refractivity contribution >= 4 is 26.7 Å². The molecule has 0 aromatic carbocycles. The molecule has 2 N–H and O–H groups in total. The van der Waals surface area contributed by atoms with Crippen LogP contribution in [0.1, 0.15) is 26.7 Å². The van der Waals surface area contributed by atoms with Gasteiger partial charge >= 0.3 is 10.2 Å². The number of rotatable bonds is 6. The lowest BCUT2D eigenvalue weighted by molar-refractivity contribution is 0.257. The van der Waals surface area contributed by atoms with E-state index in [0.29, 0.717) is 30.2 Å². The SMILES string of the molecule is CC(C)NCC1CCCN(S(=O)(=O)Nc2nncs2)C1. The average molecular weight is 319 g/mol. The maximum absolute atomic E-state index is 12.3. The molecule has 1 unspecified atom stereocenters. The molecule has 2 rings (SSSR count). The van der Waals surface area contributed by atoms with Crippen molar-refractivity contribution in [1.29, 1.82) is 0 Å². The number of hydrogen-bond donors (Lipinski definition) is 2. The third kappa shape index (κ3) is 4.37. The highest BCUT2D eigenvalue weighted by Crippen LogP contribution is 2.20. The van der Waals surface area contributed by atoms with Gasteiger partial charge in [-0.1, -0.05) is 25.2 Å². The quantitative estimate of drug-likeness (QED) is 0.813. The molecule has 1 fully saturated rings. The minimum absolute atomic E-state index is 0.312. The van der Waals surface area contributed by atoms with Crippen molar-refractivity contribution in [2.45, 2.75) is 32.7 Å². The normalized spacial score (nSPS) is 21.2. The van der Waals surface area contributed by atoms with Crippen LogP contribution in [-0.2, 0) is 10.2 Å². The lowest BCUT2D eigenvalue weighted by atomic mass is 9.99. The van der Waals surface area contributed by atoms with Crippen molar-refractivity contribution in [2.24, 2.45) is 5.92 Å². The van der Waals surface area contributed by atoms with Gasteiger partial charge in [-0.3, -0.25) is 0 Å². The molecule has 1 aromatic rings. The molecule has 1 aliphatic heterocycles. The summed E-state index contributed by atoms with van der Waals surface area (Å²) in [6.07, 6.45) is 1.95. The van der Waals surface area contributed by atoms with Crippen molar-refractivity contribution < 1.29 is 8.42 Å². The fraction of sp³-hybridized carbons (Fsp3) is 0.818. The van der Waals surface area contributed by atoms with E-state index in [1.807, 2.05) is 0 Å². The standard InChI is InChI=1S/C11H21N5O2S2/c1-9(2)12-6-10-4-3-5-16(7-10)20(17,18)15-11-14-13-8-19-11/h8-10,12H,3-7H2,1-2H3,(H,14,15). The first-order valence-corrected chi connectivity index (χ1v) is 9.07. The van der Waals surface area contributed by atoms with Crippen LogP contribution in [-0.4, -0.2) is 48.6 Å². The van der Waals surface area contributed by atoms with Crippen LogP contribution in [0.2, 0.25) is 0 Å². The Morgan fingerprint density at radius 1 is 1.55 bits per heavy atom. The van der Waals surface area contributed by atoms with Gasteiger partial charge in [0.25, 0.3) is 0 Å². The zero-order valence-electron chi connectivity index (χ0n) is 11.7. The predicted octanol–water partition coefficient (Wildman–Crippen LogP) is 0.905. The first-order chi connectivity index (χ1) is 9.47. The Kier molecular flexibility index (Phi) is 5.30. The molecule has 0 amide bonds. The van der Waals surface area contributed by atoms with Crippen LogP contribution in [0.3, 0.4) is 0 Å². The van der Waals surface area contributed by atoms with Gasteiger partial charge in [0, 0.05) is 19.1 Å². The molecule has 1 saturated heterocycles. The zero-order chi connectivity index (χ0) is 14.6. The Balaban J connectivity index is 1.93. The monoisotopic (exact) mass is 319 g/mol. The van der Waals surface area contributed by atoms with E-state index in [4.69, 9.17) is 0 Å². The van der Waals surface area contributed by atoms with E-state index < -0.39 is 10.2 Å². The summed E-state index contributed by atoms with van der Waals surface area (Å²) in [6, 6.07) is 0.418. The molecule has 20 heavy (non-hydrogen) atoms. The van der Waals surface area contributed by atoms with Gasteiger partial charge in [0.15, 0.2) is 0 Å². The van der Waals surface area contributed by atoms with E-state index >= 15 is 0 Å². The molecule has 7 nitrogen and oxygen atoms in total. The van der Waals surface area contributed by atoms with Gasteiger partial charge in [0.2, 0.25) is 5.13 Å². The topological polar surface area (TPSA) is 87.2 Å². The molecule has 0 radical (unpaired) electrons. The van der Waals surface area contributed by atoms with Gasteiger partial charge < -0.3 is 5.32 Å². The molecule has 114 valence electrons. The van der Waals surface area contributed by atoms with Crippen LogP contribution in [0, 0.1) is 5.92 Å². The van der Waals surface area contributed by atoms with E-state index in [2.05, 4.69) is 34.1 Å². The Morgan fingerprint density at radius 3 is 3.00 bits per heavy atom. The van der Waals surface area contributed by atoms with Crippen LogP contribution in [0.4, 0.5) is 5.13 Å². The van der Waals surface area contributed by atoms with Gasteiger partial charge in [-0.2, -0.15) is 12.7 Å². The highest BCUT2D eigenvalue weighted by Gasteiger charge is 2.29. The van der Waals surface area contributed by atoms with E-state index in [1.54, 1.807) is 0 Å². The van der Waals surface area contributed by atoms with Crippen LogP contribution >= 0.6 is 11.3 Å². The summed E-state index contributed by atoms with van der Waals surface area (Å²) in [5.41, 5.74) is 1.50. The Hall–Kier alpha value is -0.770. The second-order valence-electron chi connectivity index (χ2n) is 5.28. The maximum Gasteiger partial charge on any atom is 0.303 e. The van der Waals surface area contributed by atoms with E-state index in [9.17, 15) is 8.42 Å². The number of anilines is 1. The molecule has 1 aliphatic rings. The number of piperidine rings is 1. The molecule has 0 saturated carbocycles. The van der Waals surface area contributed by atoms with E-state index in [0.717, 1.165) is 19.4 Å². The van der Waals surface area contributed by atoms with E-state index in [-0.39, 0.29) is 0 Å². The molecule has 9 heteroatoms. The average Bonchev–Trinajstić information content (AvgIpc) is 2.89. The minimum atomic E-state index is -3.51. The second-order valence-corrected chi connectivity index (χ2v) is 7.78. The van der Waals surface area contributed by atoms with E-state index in [1.165, 1.54) is 21.2 Å². The fourth-order valence-electron chi connectivity index (χ4n) is 2.21. The molecular weight excluding hydrogens is 298 g/mol. The molecule has 0 bridgehead atoms. The van der Waals surface area contributed by atoms with Crippen molar-refractivity contribution in [1.82, 2.24) is 19.8 Å². The minimum Gasteiger partial charge on any atom is -0.314 e. The molecule has 1 aromatic heterocycles. The highest BCUT2D eigenvalue weighted by molar-refractivity contribution is 7.90. The second kappa shape index (κ2) is 6.79. The van der Waals surface area contributed by atoms with Crippen LogP contribution in [0.5, 0.6) is 0 Å². The van der Waals surface area contributed by atoms with Crippen LogP contribution in [0.15, 0.2) is 5.51 Å². The number of nitrogens with one attached hydrogen (secondary N) is 2. The molecule has 1 atom stereocenters. The highest BCUT2D eigenvalue weighted by atomic mass is 32.2. The van der Waals surface area contributed by atoms with Gasteiger partial charge in [-0.05, 0) is 25.3 Å². The summed E-state index contributed by atoms with van der Waals surface area (Å²) in [6.45, 7) is 6.14. The van der Waals surface area contributed by atoms with Crippen molar-refractivity contribution in [3.8, 4) is 0 Å². The van der Waals surface area contributed by atoms with Gasteiger partial charge in [-0.15, -0.1) is 10.2 Å². The summed E-state index contributed by atoms with van der Waals surface area (Å²) in [7, 11) is -3.51. The van der Waals surface area contributed by atoms with Crippen molar-refractivity contribution in [2.75, 3.05) is 24.4 Å². The van der Waals surface area contributed by atoms with Crippen LogP contribution in [0.25, 0.3) is 0 Å². The molecule has 2 heterocycles. The largest absolute Gasteiger partial charge is 0.314 e. The van der Waals surface area contributed by atoms with Crippen molar-refractivity contribution in [3.63, 3.8) is 0 Å². The number of aromatic nitrogens is 2. The summed E-state index contributed by atoms with van der Waals surface area (Å²) in [4.78, 5) is 0. The lowest BCUT2D eigenvalue weighted by Crippen LogP contribution is -2.45. The Morgan fingerprint density at radius 2 is 2.35 bits per heavy atom. The summed E-state index contributed by atoms with van der Waals surface area (Å²) in [5.74, 6) is 0.358. The van der Waals surface area contributed by atoms with Crippen LogP contribution < -0.4 is 10.0 Å². The smallest absolute Gasteiger partial charge is 0.303 e.